The van der Waals surface area contributed by atoms with E-state index in [-0.39, 0.29) is 5.41 Å². The Bertz CT molecular complexity index is 149. The third-order valence-corrected chi connectivity index (χ3v) is 3.28. The zero-order chi connectivity index (χ0) is 7.03. The standard InChI is InChI=1S/C9H14O/c10-7-9-4-1-2-8(6-9)3-5-9/h7-8H,1-6H2. The predicted molar refractivity (Wildman–Crippen MR) is 39.7 cm³/mol. The molecule has 0 spiro atoms. The van der Waals surface area contributed by atoms with Gasteiger partial charge in [-0.1, -0.05) is 12.8 Å². The van der Waals surface area contributed by atoms with Crippen molar-refractivity contribution in [1.29, 1.82) is 0 Å². The Kier molecular flexibility index (Phi) is 1.33. The Hall–Kier alpha value is -0.330. The van der Waals surface area contributed by atoms with Gasteiger partial charge in [-0.3, -0.25) is 0 Å². The van der Waals surface area contributed by atoms with Crippen LogP contribution in [0.25, 0.3) is 0 Å². The Morgan fingerprint density at radius 3 is 2.90 bits per heavy atom. The van der Waals surface area contributed by atoms with Crippen LogP contribution in [0, 0.1) is 11.3 Å². The normalized spacial score (nSPS) is 45.4. The molecule has 0 radical (unpaired) electrons. The van der Waals surface area contributed by atoms with Crippen LogP contribution >= 0.6 is 0 Å². The van der Waals surface area contributed by atoms with Crippen molar-refractivity contribution in [2.45, 2.75) is 38.5 Å². The molecular formula is C9H14O. The van der Waals surface area contributed by atoms with E-state index in [1.165, 1.54) is 44.8 Å². The molecule has 2 aliphatic rings. The number of rotatable bonds is 1. The van der Waals surface area contributed by atoms with E-state index in [2.05, 4.69) is 0 Å². The largest absolute Gasteiger partial charge is 0.303 e. The SMILES string of the molecule is O=CC12CCCC(CC1)C2. The lowest BCUT2D eigenvalue weighted by Crippen LogP contribution is -2.21. The number of hydrogen-bond donors (Lipinski definition) is 0. The fraction of sp³-hybridized carbons (Fsp3) is 0.889. The van der Waals surface area contributed by atoms with Crippen LogP contribution < -0.4 is 0 Å². The molecule has 0 amide bonds. The first-order valence-corrected chi connectivity index (χ1v) is 4.31. The molecular weight excluding hydrogens is 124 g/mol. The minimum Gasteiger partial charge on any atom is -0.303 e. The summed E-state index contributed by atoms with van der Waals surface area (Å²) in [6.45, 7) is 0. The molecule has 2 saturated carbocycles. The molecule has 2 rings (SSSR count). The number of fused-ring (bicyclic) bond motifs is 2. The zero-order valence-corrected chi connectivity index (χ0v) is 6.31. The van der Waals surface area contributed by atoms with Gasteiger partial charge in [0, 0.05) is 5.41 Å². The maximum absolute atomic E-state index is 10.7. The first-order chi connectivity index (χ1) is 4.85. The van der Waals surface area contributed by atoms with E-state index in [4.69, 9.17) is 0 Å². The highest BCUT2D eigenvalue weighted by Crippen LogP contribution is 2.49. The molecule has 1 nitrogen and oxygen atoms in total. The van der Waals surface area contributed by atoms with Crippen molar-refractivity contribution in [3.8, 4) is 0 Å². The fourth-order valence-corrected chi connectivity index (χ4v) is 2.65. The molecule has 56 valence electrons. The average Bonchev–Trinajstić information content (AvgIpc) is 2.29. The zero-order valence-electron chi connectivity index (χ0n) is 6.31. The second-order valence-corrected chi connectivity index (χ2v) is 3.98. The maximum Gasteiger partial charge on any atom is 0.126 e. The molecule has 2 unspecified atom stereocenters. The molecule has 2 atom stereocenters. The summed E-state index contributed by atoms with van der Waals surface area (Å²) in [6.07, 6.45) is 8.79. The summed E-state index contributed by atoms with van der Waals surface area (Å²) in [5.74, 6) is 0.902. The van der Waals surface area contributed by atoms with Crippen LogP contribution in [0.1, 0.15) is 38.5 Å². The van der Waals surface area contributed by atoms with Gasteiger partial charge in [0.2, 0.25) is 0 Å². The van der Waals surface area contributed by atoms with Crippen molar-refractivity contribution in [1.82, 2.24) is 0 Å². The van der Waals surface area contributed by atoms with E-state index < -0.39 is 0 Å². The molecule has 0 aromatic heterocycles. The van der Waals surface area contributed by atoms with E-state index in [9.17, 15) is 4.79 Å². The van der Waals surface area contributed by atoms with Gasteiger partial charge in [0.15, 0.2) is 0 Å². The Morgan fingerprint density at radius 2 is 2.20 bits per heavy atom. The monoisotopic (exact) mass is 138 g/mol. The van der Waals surface area contributed by atoms with Crippen molar-refractivity contribution in [2.75, 3.05) is 0 Å². The van der Waals surface area contributed by atoms with E-state index in [1.807, 2.05) is 0 Å². The summed E-state index contributed by atoms with van der Waals surface area (Å²) < 4.78 is 0. The highest BCUT2D eigenvalue weighted by molar-refractivity contribution is 5.60. The van der Waals surface area contributed by atoms with Gasteiger partial charge >= 0.3 is 0 Å². The second kappa shape index (κ2) is 2.08. The Balaban J connectivity index is 2.16. The number of carbonyl (C=O) groups excluding carboxylic acids is 1. The Labute approximate surface area is 61.8 Å². The second-order valence-electron chi connectivity index (χ2n) is 3.98. The van der Waals surface area contributed by atoms with Crippen molar-refractivity contribution in [3.05, 3.63) is 0 Å². The van der Waals surface area contributed by atoms with Gasteiger partial charge in [0.25, 0.3) is 0 Å². The molecule has 0 aromatic rings. The van der Waals surface area contributed by atoms with Crippen LogP contribution in [0.4, 0.5) is 0 Å². The first-order valence-electron chi connectivity index (χ1n) is 4.31. The van der Waals surface area contributed by atoms with E-state index >= 15 is 0 Å². The summed E-state index contributed by atoms with van der Waals surface area (Å²) in [5, 5.41) is 0. The van der Waals surface area contributed by atoms with Crippen LogP contribution in [-0.4, -0.2) is 6.29 Å². The van der Waals surface area contributed by atoms with Crippen molar-refractivity contribution >= 4 is 6.29 Å². The highest BCUT2D eigenvalue weighted by Gasteiger charge is 2.41. The van der Waals surface area contributed by atoms with Crippen LogP contribution in [0.15, 0.2) is 0 Å². The van der Waals surface area contributed by atoms with Gasteiger partial charge in [-0.2, -0.15) is 0 Å². The maximum atomic E-state index is 10.7. The number of aldehydes is 1. The molecule has 10 heavy (non-hydrogen) atoms. The molecule has 0 aliphatic heterocycles. The van der Waals surface area contributed by atoms with Crippen molar-refractivity contribution in [3.63, 3.8) is 0 Å². The average molecular weight is 138 g/mol. The topological polar surface area (TPSA) is 17.1 Å². The molecule has 2 bridgehead atoms. The van der Waals surface area contributed by atoms with Crippen molar-refractivity contribution in [2.24, 2.45) is 11.3 Å². The van der Waals surface area contributed by atoms with Crippen LogP contribution in [0.2, 0.25) is 0 Å². The van der Waals surface area contributed by atoms with Crippen molar-refractivity contribution < 1.29 is 4.79 Å². The third-order valence-electron chi connectivity index (χ3n) is 3.28. The van der Waals surface area contributed by atoms with E-state index in [0.29, 0.717) is 0 Å². The van der Waals surface area contributed by atoms with Gasteiger partial charge in [-0.15, -0.1) is 0 Å². The van der Waals surface area contributed by atoms with Gasteiger partial charge in [0.1, 0.15) is 6.29 Å². The summed E-state index contributed by atoms with van der Waals surface area (Å²) in [6, 6.07) is 0. The highest BCUT2D eigenvalue weighted by atomic mass is 16.1. The smallest absolute Gasteiger partial charge is 0.126 e. The summed E-state index contributed by atoms with van der Waals surface area (Å²) >= 11 is 0. The Morgan fingerprint density at radius 1 is 1.30 bits per heavy atom. The summed E-state index contributed by atoms with van der Waals surface area (Å²) in [7, 11) is 0. The van der Waals surface area contributed by atoms with Gasteiger partial charge in [-0.05, 0) is 31.6 Å². The lowest BCUT2D eigenvalue weighted by molar-refractivity contribution is -0.117. The number of hydrogen-bond acceptors (Lipinski definition) is 1. The summed E-state index contributed by atoms with van der Waals surface area (Å²) in [4.78, 5) is 10.7. The van der Waals surface area contributed by atoms with Gasteiger partial charge in [0.05, 0.1) is 0 Å². The first kappa shape index (κ1) is 6.38. The molecule has 1 heteroatoms. The molecule has 0 heterocycles. The molecule has 0 N–H and O–H groups in total. The number of carbonyl (C=O) groups is 1. The molecule has 0 saturated heterocycles. The lowest BCUT2D eigenvalue weighted by atomic mass is 9.77. The minimum absolute atomic E-state index is 0.156. The van der Waals surface area contributed by atoms with Gasteiger partial charge in [-0.25, -0.2) is 0 Å². The lowest BCUT2D eigenvalue weighted by Gasteiger charge is -2.26. The third kappa shape index (κ3) is 0.799. The van der Waals surface area contributed by atoms with Gasteiger partial charge < -0.3 is 4.79 Å². The molecule has 0 aromatic carbocycles. The fourth-order valence-electron chi connectivity index (χ4n) is 2.65. The predicted octanol–water partition coefficient (Wildman–Crippen LogP) is 2.16. The van der Waals surface area contributed by atoms with Crippen LogP contribution in [-0.2, 0) is 4.79 Å². The molecule has 2 aliphatic carbocycles. The van der Waals surface area contributed by atoms with E-state index in [1.54, 1.807) is 0 Å². The molecule has 2 fully saturated rings. The minimum atomic E-state index is 0.156. The quantitative estimate of drug-likeness (QED) is 0.507. The van der Waals surface area contributed by atoms with E-state index in [0.717, 1.165) is 5.92 Å². The van der Waals surface area contributed by atoms with Crippen LogP contribution in [0.3, 0.4) is 0 Å². The summed E-state index contributed by atoms with van der Waals surface area (Å²) in [5.41, 5.74) is 0.156. The van der Waals surface area contributed by atoms with Crippen LogP contribution in [0.5, 0.6) is 0 Å².